The molecule has 31 heavy (non-hydrogen) atoms. The second kappa shape index (κ2) is 7.97. The molecule has 0 aliphatic carbocycles. The van der Waals surface area contributed by atoms with Crippen LogP contribution in [0.5, 0.6) is 11.5 Å². The quantitative estimate of drug-likeness (QED) is 0.787. The number of hydrogen-bond donors (Lipinski definition) is 1. The molecule has 2 heterocycles. The smallest absolute Gasteiger partial charge is 0.261 e. The van der Waals surface area contributed by atoms with E-state index in [-0.39, 0.29) is 17.7 Å². The minimum absolute atomic E-state index is 0.178. The highest BCUT2D eigenvalue weighted by Gasteiger charge is 2.30. The van der Waals surface area contributed by atoms with Crippen molar-refractivity contribution in [3.8, 4) is 11.5 Å². The van der Waals surface area contributed by atoms with Gasteiger partial charge < -0.3 is 15.0 Å². The summed E-state index contributed by atoms with van der Waals surface area (Å²) in [5.41, 5.74) is 2.56. The summed E-state index contributed by atoms with van der Waals surface area (Å²) >= 11 is 0. The first-order chi connectivity index (χ1) is 14.6. The summed E-state index contributed by atoms with van der Waals surface area (Å²) in [6.45, 7) is 2.61. The molecule has 2 aromatic carbocycles. The fraction of sp³-hybridized carbons (Fsp3) is 0.364. The third kappa shape index (κ3) is 4.28. The Morgan fingerprint density at radius 3 is 2.45 bits per heavy atom. The fourth-order valence-electron chi connectivity index (χ4n) is 3.94. The molecule has 0 atom stereocenters. The van der Waals surface area contributed by atoms with Crippen LogP contribution in [0.2, 0.25) is 0 Å². The molecular weight excluding hydrogens is 418 g/mol. The summed E-state index contributed by atoms with van der Waals surface area (Å²) in [5, 5.41) is 2.87. The van der Waals surface area contributed by atoms with Gasteiger partial charge in [0.1, 0.15) is 5.75 Å². The van der Waals surface area contributed by atoms with Crippen molar-refractivity contribution in [1.29, 1.82) is 0 Å². The van der Waals surface area contributed by atoms with Gasteiger partial charge in [-0.3, -0.25) is 9.59 Å². The summed E-state index contributed by atoms with van der Waals surface area (Å²) in [7, 11) is -1.54. The maximum atomic E-state index is 13.1. The van der Waals surface area contributed by atoms with Crippen LogP contribution in [0.4, 0.5) is 11.4 Å². The van der Waals surface area contributed by atoms with Crippen molar-refractivity contribution < 1.29 is 22.7 Å². The topological polar surface area (TPSA) is 96.0 Å². The van der Waals surface area contributed by atoms with Gasteiger partial charge in [0, 0.05) is 31.7 Å². The van der Waals surface area contributed by atoms with Crippen LogP contribution in [-0.4, -0.2) is 50.9 Å². The number of aryl methyl sites for hydroxylation is 1. The highest BCUT2D eigenvalue weighted by Crippen LogP contribution is 2.39. The van der Waals surface area contributed by atoms with Crippen molar-refractivity contribution in [2.75, 3.05) is 36.6 Å². The Morgan fingerprint density at radius 1 is 1.10 bits per heavy atom. The number of anilines is 2. The van der Waals surface area contributed by atoms with Crippen LogP contribution in [0.1, 0.15) is 28.8 Å². The van der Waals surface area contributed by atoms with Crippen LogP contribution in [0.25, 0.3) is 0 Å². The maximum Gasteiger partial charge on any atom is 0.261 e. The van der Waals surface area contributed by atoms with E-state index in [9.17, 15) is 18.0 Å². The molecule has 0 saturated carbocycles. The molecule has 0 bridgehead atoms. The first-order valence-electron chi connectivity index (χ1n) is 10.1. The van der Waals surface area contributed by atoms with Crippen LogP contribution in [0.3, 0.4) is 0 Å². The molecular formula is C22H25N3O5S. The van der Waals surface area contributed by atoms with E-state index in [2.05, 4.69) is 5.32 Å². The van der Waals surface area contributed by atoms with Crippen molar-refractivity contribution in [2.24, 2.45) is 5.92 Å². The predicted molar refractivity (Wildman–Crippen MR) is 118 cm³/mol. The van der Waals surface area contributed by atoms with E-state index in [0.717, 1.165) is 5.56 Å². The molecule has 1 N–H and O–H groups in total. The van der Waals surface area contributed by atoms with Crippen LogP contribution >= 0.6 is 0 Å². The number of sulfonamides is 1. The minimum Gasteiger partial charge on any atom is -0.454 e. The Hall–Kier alpha value is -2.91. The molecule has 0 spiro atoms. The van der Waals surface area contributed by atoms with Gasteiger partial charge in [0.2, 0.25) is 15.9 Å². The summed E-state index contributed by atoms with van der Waals surface area (Å²) in [6.07, 6.45) is 2.10. The number of benzene rings is 2. The second-order valence-electron chi connectivity index (χ2n) is 8.07. The molecule has 164 valence electrons. The van der Waals surface area contributed by atoms with Gasteiger partial charge >= 0.3 is 0 Å². The highest BCUT2D eigenvalue weighted by atomic mass is 32.2. The minimum atomic E-state index is -3.24. The molecule has 2 amide bonds. The number of fused-ring (bicyclic) bond motifs is 2. The van der Waals surface area contributed by atoms with Crippen molar-refractivity contribution in [3.05, 3.63) is 47.5 Å². The lowest BCUT2D eigenvalue weighted by Gasteiger charge is -2.29. The third-order valence-electron chi connectivity index (χ3n) is 5.77. The van der Waals surface area contributed by atoms with E-state index >= 15 is 0 Å². The van der Waals surface area contributed by atoms with Gasteiger partial charge in [0.25, 0.3) is 5.91 Å². The number of piperidine rings is 1. The average Bonchev–Trinajstić information content (AvgIpc) is 2.83. The Morgan fingerprint density at radius 2 is 1.77 bits per heavy atom. The molecule has 1 fully saturated rings. The van der Waals surface area contributed by atoms with Crippen LogP contribution in [-0.2, 0) is 14.8 Å². The van der Waals surface area contributed by atoms with Gasteiger partial charge in [-0.2, -0.15) is 0 Å². The molecule has 2 aromatic rings. The van der Waals surface area contributed by atoms with Gasteiger partial charge in [-0.05, 0) is 55.7 Å². The number of rotatable bonds is 3. The van der Waals surface area contributed by atoms with Crippen LogP contribution in [0.15, 0.2) is 36.4 Å². The van der Waals surface area contributed by atoms with Crippen LogP contribution < -0.4 is 15.0 Å². The number of ether oxygens (including phenoxy) is 1. The normalized spacial score (nSPS) is 17.4. The van der Waals surface area contributed by atoms with Crippen molar-refractivity contribution in [2.45, 2.75) is 19.8 Å². The number of nitrogens with one attached hydrogen (secondary N) is 1. The lowest BCUT2D eigenvalue weighted by molar-refractivity contribution is -0.120. The number of hydrogen-bond acceptors (Lipinski definition) is 5. The molecule has 0 unspecified atom stereocenters. The summed E-state index contributed by atoms with van der Waals surface area (Å²) < 4.78 is 30.7. The van der Waals surface area contributed by atoms with Crippen molar-refractivity contribution in [3.63, 3.8) is 0 Å². The standard InChI is InChI=1S/C22H25N3O5S/c1-14-4-6-20-18(12-14)24(2)22(27)17-13-16(5-7-19(17)30-20)23-21(26)15-8-10-25(11-9-15)31(3,28)29/h4-7,12-13,15H,8-11H2,1-3H3,(H,23,26). The molecule has 0 radical (unpaired) electrons. The fourth-order valence-corrected chi connectivity index (χ4v) is 4.82. The van der Waals surface area contributed by atoms with E-state index in [1.165, 1.54) is 10.6 Å². The van der Waals surface area contributed by atoms with E-state index in [1.807, 2.05) is 25.1 Å². The molecule has 9 heteroatoms. The van der Waals surface area contributed by atoms with Crippen molar-refractivity contribution >= 4 is 33.2 Å². The SMILES string of the molecule is Cc1ccc2c(c1)N(C)C(=O)c1cc(NC(=O)C3CCN(S(C)(=O)=O)CC3)ccc1O2. The first-order valence-corrected chi connectivity index (χ1v) is 11.9. The molecule has 2 aliphatic heterocycles. The lowest BCUT2D eigenvalue weighted by Crippen LogP contribution is -2.40. The monoisotopic (exact) mass is 443 g/mol. The molecule has 1 saturated heterocycles. The predicted octanol–water partition coefficient (Wildman–Crippen LogP) is 2.99. The molecule has 2 aliphatic rings. The molecule has 4 rings (SSSR count). The zero-order valence-corrected chi connectivity index (χ0v) is 18.5. The lowest BCUT2D eigenvalue weighted by atomic mass is 9.97. The molecule has 0 aromatic heterocycles. The third-order valence-corrected chi connectivity index (χ3v) is 7.07. The Labute approximate surface area is 181 Å². The van der Waals surface area contributed by atoms with Crippen molar-refractivity contribution in [1.82, 2.24) is 4.31 Å². The number of carbonyl (C=O) groups excluding carboxylic acids is 2. The average molecular weight is 444 g/mol. The molecule has 8 nitrogen and oxygen atoms in total. The van der Waals surface area contributed by atoms with Gasteiger partial charge in [0.15, 0.2) is 5.75 Å². The second-order valence-corrected chi connectivity index (χ2v) is 10.1. The largest absolute Gasteiger partial charge is 0.454 e. The van der Waals surface area contributed by atoms with Gasteiger partial charge in [-0.1, -0.05) is 6.07 Å². The Balaban J connectivity index is 1.51. The summed E-state index contributed by atoms with van der Waals surface area (Å²) in [4.78, 5) is 27.3. The Kier molecular flexibility index (Phi) is 5.49. The summed E-state index contributed by atoms with van der Waals surface area (Å²) in [5.74, 6) is 0.339. The van der Waals surface area contributed by atoms with E-state index in [4.69, 9.17) is 4.74 Å². The first kappa shape index (κ1) is 21.3. The van der Waals surface area contributed by atoms with E-state index in [0.29, 0.717) is 54.4 Å². The van der Waals surface area contributed by atoms with Gasteiger partial charge in [-0.25, -0.2) is 12.7 Å². The Bertz CT molecular complexity index is 1150. The van der Waals surface area contributed by atoms with E-state index < -0.39 is 10.0 Å². The zero-order valence-electron chi connectivity index (χ0n) is 17.7. The van der Waals surface area contributed by atoms with E-state index in [1.54, 1.807) is 30.1 Å². The zero-order chi connectivity index (χ0) is 22.3. The summed E-state index contributed by atoms with van der Waals surface area (Å²) in [6, 6.07) is 10.7. The highest BCUT2D eigenvalue weighted by molar-refractivity contribution is 7.88. The number of carbonyl (C=O) groups is 2. The number of nitrogens with zero attached hydrogens (tertiary/aromatic N) is 2. The van der Waals surface area contributed by atoms with Crippen LogP contribution in [0, 0.1) is 12.8 Å². The number of amides is 2. The van der Waals surface area contributed by atoms with Gasteiger partial charge in [-0.15, -0.1) is 0 Å². The van der Waals surface area contributed by atoms with Gasteiger partial charge in [0.05, 0.1) is 17.5 Å². The maximum absolute atomic E-state index is 13.1.